The number of benzene rings is 2. The van der Waals surface area contributed by atoms with Crippen LogP contribution in [0.5, 0.6) is 0 Å². The van der Waals surface area contributed by atoms with E-state index in [1.165, 1.54) is 0 Å². The molecule has 0 amide bonds. The average molecular weight is 540 g/mol. The molecular formula is C24H28Br2O4. The Morgan fingerprint density at radius 2 is 1.00 bits per heavy atom. The zero-order valence-electron chi connectivity index (χ0n) is 17.1. The molecule has 4 nitrogen and oxygen atoms in total. The van der Waals surface area contributed by atoms with Crippen LogP contribution in [0.3, 0.4) is 0 Å². The fourth-order valence-electron chi connectivity index (χ4n) is 2.82. The summed E-state index contributed by atoms with van der Waals surface area (Å²) in [6, 6.07) is 16.3. The summed E-state index contributed by atoms with van der Waals surface area (Å²) >= 11 is 6.65. The van der Waals surface area contributed by atoms with Gasteiger partial charge in [0.05, 0.1) is 13.2 Å². The number of carbonyl (C=O) groups is 2. The molecule has 0 aliphatic heterocycles. The lowest BCUT2D eigenvalue weighted by Gasteiger charge is -2.08. The number of hydrogen-bond acceptors (Lipinski definition) is 4. The van der Waals surface area contributed by atoms with E-state index in [0.29, 0.717) is 26.1 Å². The Kier molecular flexibility index (Phi) is 12.2. The Morgan fingerprint density at radius 3 is 1.33 bits per heavy atom. The molecule has 30 heavy (non-hydrogen) atoms. The van der Waals surface area contributed by atoms with Gasteiger partial charge in [-0.3, -0.25) is 9.59 Å². The number of halogens is 2. The van der Waals surface area contributed by atoms with E-state index in [9.17, 15) is 9.59 Å². The number of hydrogen-bond donors (Lipinski definition) is 0. The van der Waals surface area contributed by atoms with Crippen LogP contribution in [-0.4, -0.2) is 35.4 Å². The monoisotopic (exact) mass is 538 g/mol. The molecule has 162 valence electrons. The number of Topliss-reactive ketones (excluding diaryl/α,β-unsaturated/α-hetero) is 2. The van der Waals surface area contributed by atoms with Crippen molar-refractivity contribution >= 4 is 43.4 Å². The molecule has 0 fully saturated rings. The van der Waals surface area contributed by atoms with Crippen LogP contribution in [0, 0.1) is 0 Å². The largest absolute Gasteiger partial charge is 0.369 e. The first-order valence-corrected chi connectivity index (χ1v) is 12.4. The number of carbonyl (C=O) groups excluding carboxylic acids is 2. The van der Waals surface area contributed by atoms with Gasteiger partial charge in [-0.1, -0.05) is 80.4 Å². The predicted octanol–water partition coefficient (Wildman–Crippen LogP) is 5.88. The lowest BCUT2D eigenvalue weighted by molar-refractivity contribution is -0.124. The SMILES string of the molecule is O=C(CCCBr)COCc1ccc(-c2ccc(COCC(=O)CCCBr)cc2)cc1. The van der Waals surface area contributed by atoms with Crippen molar-refractivity contribution in [1.29, 1.82) is 0 Å². The summed E-state index contributed by atoms with van der Waals surface area (Å²) in [6.07, 6.45) is 2.80. The predicted molar refractivity (Wildman–Crippen MR) is 127 cm³/mol. The molecule has 0 spiro atoms. The van der Waals surface area contributed by atoms with Gasteiger partial charge in [0.25, 0.3) is 0 Å². The summed E-state index contributed by atoms with van der Waals surface area (Å²) < 4.78 is 11.0. The van der Waals surface area contributed by atoms with Crippen molar-refractivity contribution in [3.05, 3.63) is 59.7 Å². The van der Waals surface area contributed by atoms with E-state index in [4.69, 9.17) is 9.47 Å². The lowest BCUT2D eigenvalue weighted by Crippen LogP contribution is -2.08. The van der Waals surface area contributed by atoms with Gasteiger partial charge in [-0.15, -0.1) is 0 Å². The van der Waals surface area contributed by atoms with E-state index in [2.05, 4.69) is 56.1 Å². The lowest BCUT2D eigenvalue weighted by atomic mass is 10.0. The van der Waals surface area contributed by atoms with Crippen LogP contribution in [0.1, 0.15) is 36.8 Å². The molecule has 0 aromatic heterocycles. The molecule has 0 bridgehead atoms. The van der Waals surface area contributed by atoms with E-state index in [1.54, 1.807) is 0 Å². The second-order valence-corrected chi connectivity index (χ2v) is 8.63. The quantitative estimate of drug-likeness (QED) is 0.265. The Bertz CT molecular complexity index is 705. The van der Waals surface area contributed by atoms with Crippen molar-refractivity contribution in [2.75, 3.05) is 23.9 Å². The molecule has 0 saturated heterocycles. The van der Waals surface area contributed by atoms with Gasteiger partial charge in [-0.2, -0.15) is 0 Å². The van der Waals surface area contributed by atoms with Crippen LogP contribution < -0.4 is 0 Å². The minimum atomic E-state index is 0.137. The molecule has 0 aliphatic carbocycles. The molecule has 2 aromatic rings. The molecule has 0 saturated carbocycles. The summed E-state index contributed by atoms with van der Waals surface area (Å²) in [5, 5.41) is 1.68. The van der Waals surface area contributed by atoms with Gasteiger partial charge in [0, 0.05) is 23.5 Å². The zero-order valence-corrected chi connectivity index (χ0v) is 20.3. The summed E-state index contributed by atoms with van der Waals surface area (Å²) in [6.45, 7) is 1.21. The second kappa shape index (κ2) is 14.6. The van der Waals surface area contributed by atoms with E-state index < -0.39 is 0 Å². The van der Waals surface area contributed by atoms with Gasteiger partial charge in [0.2, 0.25) is 0 Å². The van der Waals surface area contributed by atoms with Crippen LogP contribution >= 0.6 is 31.9 Å². The highest BCUT2D eigenvalue weighted by molar-refractivity contribution is 9.09. The average Bonchev–Trinajstić information content (AvgIpc) is 2.77. The van der Waals surface area contributed by atoms with E-state index in [1.807, 2.05) is 24.3 Å². The van der Waals surface area contributed by atoms with Crippen LogP contribution in [0.4, 0.5) is 0 Å². The van der Waals surface area contributed by atoms with Crippen molar-refractivity contribution in [3.63, 3.8) is 0 Å². The Labute approximate surface area is 195 Å². The topological polar surface area (TPSA) is 52.6 Å². The van der Waals surface area contributed by atoms with E-state index >= 15 is 0 Å². The number of rotatable bonds is 15. The number of alkyl halides is 2. The Hall–Kier alpha value is -1.34. The first-order chi connectivity index (χ1) is 14.6. The van der Waals surface area contributed by atoms with Crippen molar-refractivity contribution in [3.8, 4) is 11.1 Å². The van der Waals surface area contributed by atoms with Crippen molar-refractivity contribution in [1.82, 2.24) is 0 Å². The minimum absolute atomic E-state index is 0.137. The van der Waals surface area contributed by atoms with Gasteiger partial charge in [0.1, 0.15) is 13.2 Å². The first kappa shape index (κ1) is 24.9. The van der Waals surface area contributed by atoms with Gasteiger partial charge < -0.3 is 9.47 Å². The van der Waals surface area contributed by atoms with Crippen molar-refractivity contribution < 1.29 is 19.1 Å². The third kappa shape index (κ3) is 9.65. The smallest absolute Gasteiger partial charge is 0.158 e. The summed E-state index contributed by atoms with van der Waals surface area (Å²) in [5.74, 6) is 0.275. The minimum Gasteiger partial charge on any atom is -0.369 e. The van der Waals surface area contributed by atoms with E-state index in [0.717, 1.165) is 45.8 Å². The fraction of sp³-hybridized carbons (Fsp3) is 0.417. The number of ketones is 2. The van der Waals surface area contributed by atoms with Crippen LogP contribution in [0.25, 0.3) is 11.1 Å². The molecule has 0 N–H and O–H groups in total. The van der Waals surface area contributed by atoms with Crippen molar-refractivity contribution in [2.24, 2.45) is 0 Å². The van der Waals surface area contributed by atoms with Crippen molar-refractivity contribution in [2.45, 2.75) is 38.9 Å². The zero-order chi connectivity index (χ0) is 21.6. The maximum atomic E-state index is 11.6. The third-order valence-electron chi connectivity index (χ3n) is 4.48. The molecule has 0 atom stereocenters. The molecule has 2 aromatic carbocycles. The second-order valence-electron chi connectivity index (χ2n) is 7.04. The Balaban J connectivity index is 1.76. The Morgan fingerprint density at radius 1 is 0.633 bits per heavy atom. The van der Waals surface area contributed by atoms with Gasteiger partial charge in [-0.05, 0) is 35.1 Å². The van der Waals surface area contributed by atoms with Gasteiger partial charge in [-0.25, -0.2) is 0 Å². The third-order valence-corrected chi connectivity index (χ3v) is 5.60. The molecule has 6 heteroatoms. The molecule has 0 aliphatic rings. The maximum Gasteiger partial charge on any atom is 0.158 e. The molecule has 0 radical (unpaired) electrons. The van der Waals surface area contributed by atoms with Crippen LogP contribution in [-0.2, 0) is 32.3 Å². The van der Waals surface area contributed by atoms with E-state index in [-0.39, 0.29) is 24.8 Å². The molecular weight excluding hydrogens is 512 g/mol. The standard InChI is InChI=1S/C24H28Br2O4/c25-13-1-3-23(27)17-29-15-19-5-9-21(10-6-19)22-11-7-20(8-12-22)16-30-18-24(28)4-2-14-26/h5-12H,1-4,13-18H2. The first-order valence-electron chi connectivity index (χ1n) is 10.1. The molecule has 0 unspecified atom stereocenters. The summed E-state index contributed by atoms with van der Waals surface area (Å²) in [5.41, 5.74) is 4.32. The van der Waals surface area contributed by atoms with Crippen LogP contribution in [0.15, 0.2) is 48.5 Å². The summed E-state index contributed by atoms with van der Waals surface area (Å²) in [7, 11) is 0. The number of ether oxygens (including phenoxy) is 2. The normalized spacial score (nSPS) is 10.9. The van der Waals surface area contributed by atoms with Gasteiger partial charge >= 0.3 is 0 Å². The maximum absolute atomic E-state index is 11.6. The van der Waals surface area contributed by atoms with Crippen LogP contribution in [0.2, 0.25) is 0 Å². The highest BCUT2D eigenvalue weighted by Crippen LogP contribution is 2.21. The summed E-state index contributed by atoms with van der Waals surface area (Å²) in [4.78, 5) is 23.3. The highest BCUT2D eigenvalue weighted by atomic mass is 79.9. The van der Waals surface area contributed by atoms with Gasteiger partial charge in [0.15, 0.2) is 11.6 Å². The molecule has 0 heterocycles. The highest BCUT2D eigenvalue weighted by Gasteiger charge is 2.04. The molecule has 2 rings (SSSR count). The fourth-order valence-corrected chi connectivity index (χ4v) is 3.39.